The molecular formula is C16H14ClN3OS. The Morgan fingerprint density at radius 2 is 2.23 bits per heavy atom. The van der Waals surface area contributed by atoms with Crippen molar-refractivity contribution >= 4 is 34.5 Å². The van der Waals surface area contributed by atoms with Crippen molar-refractivity contribution in [2.75, 3.05) is 5.32 Å². The molecule has 0 radical (unpaired) electrons. The molecule has 0 unspecified atom stereocenters. The minimum absolute atomic E-state index is 0.139. The Morgan fingerprint density at radius 1 is 1.36 bits per heavy atom. The first-order valence-corrected chi connectivity index (χ1v) is 8.06. The van der Waals surface area contributed by atoms with Crippen LogP contribution in [0.1, 0.15) is 5.56 Å². The standard InChI is InChI=1S/C16H14ClN3OS/c1-11-2-3-13(8-14(11)17)18-16(21)9-20-6-4-15(19-20)12-5-7-22-10-12/h2-8,10H,9H2,1H3,(H,18,21). The van der Waals surface area contributed by atoms with Crippen LogP contribution in [0.25, 0.3) is 11.3 Å². The van der Waals surface area contributed by atoms with Crippen LogP contribution in [-0.2, 0) is 11.3 Å². The number of aryl methyl sites for hydroxylation is 1. The Kier molecular flexibility index (Phi) is 4.27. The number of hydrogen-bond acceptors (Lipinski definition) is 3. The van der Waals surface area contributed by atoms with Gasteiger partial charge in [-0.15, -0.1) is 0 Å². The predicted octanol–water partition coefficient (Wildman–Crippen LogP) is 4.21. The van der Waals surface area contributed by atoms with Crippen LogP contribution < -0.4 is 5.32 Å². The van der Waals surface area contributed by atoms with E-state index in [1.165, 1.54) is 0 Å². The lowest BCUT2D eigenvalue weighted by molar-refractivity contribution is -0.116. The zero-order chi connectivity index (χ0) is 15.5. The summed E-state index contributed by atoms with van der Waals surface area (Å²) in [6.45, 7) is 2.08. The fourth-order valence-corrected chi connectivity index (χ4v) is 2.86. The van der Waals surface area contributed by atoms with Crippen molar-refractivity contribution in [3.63, 3.8) is 0 Å². The number of amides is 1. The third-order valence-corrected chi connectivity index (χ3v) is 4.31. The summed E-state index contributed by atoms with van der Waals surface area (Å²) in [7, 11) is 0. The Hall–Kier alpha value is -2.11. The number of carbonyl (C=O) groups excluding carboxylic acids is 1. The van der Waals surface area contributed by atoms with Gasteiger partial charge in [-0.3, -0.25) is 9.48 Å². The molecule has 0 bridgehead atoms. The molecule has 0 atom stereocenters. The van der Waals surface area contributed by atoms with Crippen molar-refractivity contribution in [2.24, 2.45) is 0 Å². The number of thiophene rings is 1. The molecule has 2 aromatic heterocycles. The maximum atomic E-state index is 12.1. The van der Waals surface area contributed by atoms with E-state index in [4.69, 9.17) is 11.6 Å². The van der Waals surface area contributed by atoms with Gasteiger partial charge in [0.05, 0.1) is 5.69 Å². The van der Waals surface area contributed by atoms with Crippen molar-refractivity contribution in [3.05, 3.63) is 57.9 Å². The zero-order valence-electron chi connectivity index (χ0n) is 11.9. The van der Waals surface area contributed by atoms with E-state index < -0.39 is 0 Å². The highest BCUT2D eigenvalue weighted by Crippen LogP contribution is 2.21. The average molecular weight is 332 g/mol. The van der Waals surface area contributed by atoms with Crippen LogP contribution in [0.3, 0.4) is 0 Å². The fraction of sp³-hybridized carbons (Fsp3) is 0.125. The second kappa shape index (κ2) is 6.34. The number of hydrogen-bond donors (Lipinski definition) is 1. The van der Waals surface area contributed by atoms with Crippen LogP contribution in [0.15, 0.2) is 47.3 Å². The molecule has 2 heterocycles. The predicted molar refractivity (Wildman–Crippen MR) is 90.4 cm³/mol. The molecule has 0 aliphatic carbocycles. The van der Waals surface area contributed by atoms with Crippen LogP contribution in [0.2, 0.25) is 5.02 Å². The summed E-state index contributed by atoms with van der Waals surface area (Å²) in [5.41, 5.74) is 3.60. The van der Waals surface area contributed by atoms with Crippen LogP contribution in [0.4, 0.5) is 5.69 Å². The number of anilines is 1. The topological polar surface area (TPSA) is 46.9 Å². The molecule has 0 aliphatic rings. The molecule has 112 valence electrons. The van der Waals surface area contributed by atoms with Gasteiger partial charge in [-0.25, -0.2) is 0 Å². The van der Waals surface area contributed by atoms with E-state index in [-0.39, 0.29) is 12.5 Å². The third-order valence-electron chi connectivity index (χ3n) is 3.22. The van der Waals surface area contributed by atoms with E-state index >= 15 is 0 Å². The first kappa shape index (κ1) is 14.8. The van der Waals surface area contributed by atoms with Crippen LogP contribution in [0.5, 0.6) is 0 Å². The van der Waals surface area contributed by atoms with Crippen LogP contribution in [-0.4, -0.2) is 15.7 Å². The molecule has 0 saturated carbocycles. The van der Waals surface area contributed by atoms with E-state index in [1.54, 1.807) is 28.3 Å². The second-order valence-electron chi connectivity index (χ2n) is 4.92. The first-order valence-electron chi connectivity index (χ1n) is 6.74. The summed E-state index contributed by atoms with van der Waals surface area (Å²) in [6, 6.07) is 9.36. The largest absolute Gasteiger partial charge is 0.324 e. The lowest BCUT2D eigenvalue weighted by atomic mass is 10.2. The van der Waals surface area contributed by atoms with Gasteiger partial charge >= 0.3 is 0 Å². The molecule has 4 nitrogen and oxygen atoms in total. The maximum Gasteiger partial charge on any atom is 0.246 e. The highest BCUT2D eigenvalue weighted by Gasteiger charge is 2.08. The SMILES string of the molecule is Cc1ccc(NC(=O)Cn2ccc(-c3ccsc3)n2)cc1Cl. The van der Waals surface area contributed by atoms with E-state index in [1.807, 2.05) is 41.9 Å². The maximum absolute atomic E-state index is 12.1. The van der Waals surface area contributed by atoms with Gasteiger partial charge in [0.1, 0.15) is 6.54 Å². The number of carbonyl (C=O) groups is 1. The highest BCUT2D eigenvalue weighted by molar-refractivity contribution is 7.08. The third kappa shape index (κ3) is 3.37. The molecule has 3 aromatic rings. The second-order valence-corrected chi connectivity index (χ2v) is 6.11. The zero-order valence-corrected chi connectivity index (χ0v) is 13.5. The molecule has 0 fully saturated rings. The van der Waals surface area contributed by atoms with Gasteiger partial charge in [-0.1, -0.05) is 17.7 Å². The minimum Gasteiger partial charge on any atom is -0.324 e. The number of nitrogens with zero attached hydrogens (tertiary/aromatic N) is 2. The van der Waals surface area contributed by atoms with Crippen molar-refractivity contribution in [1.82, 2.24) is 9.78 Å². The molecule has 0 spiro atoms. The first-order chi connectivity index (χ1) is 10.6. The van der Waals surface area contributed by atoms with Gasteiger partial charge in [0.15, 0.2) is 0 Å². The molecular weight excluding hydrogens is 318 g/mol. The normalized spacial score (nSPS) is 10.6. The van der Waals surface area contributed by atoms with Gasteiger partial charge in [-0.2, -0.15) is 16.4 Å². The number of nitrogens with one attached hydrogen (secondary N) is 1. The molecule has 1 N–H and O–H groups in total. The van der Waals surface area contributed by atoms with Gasteiger partial charge in [0.25, 0.3) is 0 Å². The van der Waals surface area contributed by atoms with E-state index in [0.717, 1.165) is 16.8 Å². The summed E-state index contributed by atoms with van der Waals surface area (Å²) in [5, 5.41) is 11.9. The van der Waals surface area contributed by atoms with Crippen molar-refractivity contribution in [1.29, 1.82) is 0 Å². The van der Waals surface area contributed by atoms with Crippen LogP contribution in [0, 0.1) is 6.92 Å². The number of aromatic nitrogens is 2. The fourth-order valence-electron chi connectivity index (χ4n) is 2.03. The Labute approximate surface area is 137 Å². The number of benzene rings is 1. The van der Waals surface area contributed by atoms with E-state index in [9.17, 15) is 4.79 Å². The summed E-state index contributed by atoms with van der Waals surface area (Å²) < 4.78 is 1.62. The van der Waals surface area contributed by atoms with Gasteiger partial charge in [0, 0.05) is 27.9 Å². The Balaban J connectivity index is 1.65. The number of rotatable bonds is 4. The molecule has 3 rings (SSSR count). The summed E-state index contributed by atoms with van der Waals surface area (Å²) in [6.07, 6.45) is 1.80. The van der Waals surface area contributed by atoms with Crippen molar-refractivity contribution in [3.8, 4) is 11.3 Å². The van der Waals surface area contributed by atoms with Gasteiger partial charge in [0.2, 0.25) is 5.91 Å². The minimum atomic E-state index is -0.139. The smallest absolute Gasteiger partial charge is 0.246 e. The highest BCUT2D eigenvalue weighted by atomic mass is 35.5. The van der Waals surface area contributed by atoms with Crippen LogP contribution >= 0.6 is 22.9 Å². The van der Waals surface area contributed by atoms with Crippen molar-refractivity contribution < 1.29 is 4.79 Å². The average Bonchev–Trinajstić information content (AvgIpc) is 3.13. The molecule has 6 heteroatoms. The van der Waals surface area contributed by atoms with Gasteiger partial charge < -0.3 is 5.32 Å². The summed E-state index contributed by atoms with van der Waals surface area (Å²) in [5.74, 6) is -0.139. The summed E-state index contributed by atoms with van der Waals surface area (Å²) in [4.78, 5) is 12.1. The van der Waals surface area contributed by atoms with E-state index in [0.29, 0.717) is 10.7 Å². The van der Waals surface area contributed by atoms with E-state index in [2.05, 4.69) is 10.4 Å². The number of halogens is 1. The molecule has 1 aromatic carbocycles. The van der Waals surface area contributed by atoms with Crippen molar-refractivity contribution in [2.45, 2.75) is 13.5 Å². The van der Waals surface area contributed by atoms with Gasteiger partial charge in [-0.05, 0) is 42.1 Å². The molecule has 1 amide bonds. The summed E-state index contributed by atoms with van der Waals surface area (Å²) >= 11 is 7.67. The molecule has 0 aliphatic heterocycles. The monoisotopic (exact) mass is 331 g/mol. The lowest BCUT2D eigenvalue weighted by Crippen LogP contribution is -2.19. The quantitative estimate of drug-likeness (QED) is 0.778. The Morgan fingerprint density at radius 3 is 2.95 bits per heavy atom. The molecule has 22 heavy (non-hydrogen) atoms. The molecule has 0 saturated heterocycles. The Bertz CT molecular complexity index is 796. The lowest BCUT2D eigenvalue weighted by Gasteiger charge is -2.07.